The van der Waals surface area contributed by atoms with Gasteiger partial charge in [0.25, 0.3) is 0 Å². The molecule has 2 N–H and O–H groups in total. The maximum atomic E-state index is 5.55. The Hall–Kier alpha value is -1.81. The second kappa shape index (κ2) is 4.94. The second-order valence-corrected chi connectivity index (χ2v) is 5.61. The number of fused-ring (bicyclic) bond motifs is 1. The molecule has 0 radical (unpaired) electrons. The van der Waals surface area contributed by atoms with Crippen molar-refractivity contribution in [3.63, 3.8) is 0 Å². The Balaban J connectivity index is 1.61. The van der Waals surface area contributed by atoms with E-state index in [9.17, 15) is 0 Å². The average molecular weight is 269 g/mol. The van der Waals surface area contributed by atoms with E-state index in [4.69, 9.17) is 4.74 Å². The molecule has 3 heterocycles. The predicted octanol–water partition coefficient (Wildman–Crippen LogP) is 2.83. The van der Waals surface area contributed by atoms with Crippen molar-refractivity contribution in [2.75, 3.05) is 13.2 Å². The van der Waals surface area contributed by atoms with Gasteiger partial charge in [-0.25, -0.2) is 4.98 Å². The normalized spacial score (nSPS) is 21.5. The van der Waals surface area contributed by atoms with Crippen molar-refractivity contribution in [1.82, 2.24) is 15.3 Å². The number of imidazole rings is 1. The molecule has 20 heavy (non-hydrogen) atoms. The molecule has 4 rings (SSSR count). The van der Waals surface area contributed by atoms with Crippen LogP contribution in [0.4, 0.5) is 0 Å². The Bertz CT molecular complexity index is 614. The van der Waals surface area contributed by atoms with Crippen molar-refractivity contribution in [3.8, 4) is 17.0 Å². The molecule has 0 amide bonds. The molecule has 1 aromatic heterocycles. The first-order valence-corrected chi connectivity index (χ1v) is 7.44. The van der Waals surface area contributed by atoms with Crippen LogP contribution < -0.4 is 10.1 Å². The minimum absolute atomic E-state index is 0.385. The number of hydrogen-bond acceptors (Lipinski definition) is 3. The first-order valence-electron chi connectivity index (χ1n) is 7.44. The van der Waals surface area contributed by atoms with Crippen molar-refractivity contribution in [2.24, 2.45) is 0 Å². The summed E-state index contributed by atoms with van der Waals surface area (Å²) in [6, 6.07) is 6.77. The SMILES string of the molecule is c1cc2c(cc1-c1cnc(C3CCCCN3)[nH]1)CCO2. The van der Waals surface area contributed by atoms with E-state index < -0.39 is 0 Å². The first-order chi connectivity index (χ1) is 9.90. The lowest BCUT2D eigenvalue weighted by Crippen LogP contribution is -2.27. The minimum Gasteiger partial charge on any atom is -0.493 e. The molecule has 0 bridgehead atoms. The number of hydrogen-bond donors (Lipinski definition) is 2. The Morgan fingerprint density at radius 3 is 3.15 bits per heavy atom. The lowest BCUT2D eigenvalue weighted by Gasteiger charge is -2.21. The molecule has 2 aliphatic heterocycles. The Kier molecular flexibility index (Phi) is 2.96. The summed E-state index contributed by atoms with van der Waals surface area (Å²) in [5.74, 6) is 2.10. The van der Waals surface area contributed by atoms with Crippen molar-refractivity contribution < 1.29 is 4.74 Å². The van der Waals surface area contributed by atoms with Gasteiger partial charge in [-0.1, -0.05) is 6.42 Å². The topological polar surface area (TPSA) is 49.9 Å². The van der Waals surface area contributed by atoms with E-state index in [1.165, 1.54) is 30.4 Å². The minimum atomic E-state index is 0.385. The molecule has 2 aromatic rings. The lowest BCUT2D eigenvalue weighted by atomic mass is 10.0. The van der Waals surface area contributed by atoms with E-state index in [1.807, 2.05) is 6.20 Å². The van der Waals surface area contributed by atoms with Gasteiger partial charge in [0.1, 0.15) is 11.6 Å². The number of ether oxygens (including phenoxy) is 1. The molecule has 1 fully saturated rings. The summed E-state index contributed by atoms with van der Waals surface area (Å²) in [5, 5.41) is 3.53. The summed E-state index contributed by atoms with van der Waals surface area (Å²) in [7, 11) is 0. The quantitative estimate of drug-likeness (QED) is 0.881. The number of piperidine rings is 1. The fourth-order valence-electron chi connectivity index (χ4n) is 3.10. The summed E-state index contributed by atoms with van der Waals surface area (Å²) in [6.07, 6.45) is 6.68. The van der Waals surface area contributed by atoms with Gasteiger partial charge in [-0.15, -0.1) is 0 Å². The van der Waals surface area contributed by atoms with Gasteiger partial charge in [-0.05, 0) is 43.1 Å². The smallest absolute Gasteiger partial charge is 0.123 e. The third kappa shape index (κ3) is 2.10. The fourth-order valence-corrected chi connectivity index (χ4v) is 3.10. The van der Waals surface area contributed by atoms with Gasteiger partial charge in [-0.2, -0.15) is 0 Å². The summed E-state index contributed by atoms with van der Waals surface area (Å²) >= 11 is 0. The molecular formula is C16H19N3O. The monoisotopic (exact) mass is 269 g/mol. The van der Waals surface area contributed by atoms with E-state index in [1.54, 1.807) is 0 Å². The van der Waals surface area contributed by atoms with E-state index >= 15 is 0 Å². The van der Waals surface area contributed by atoms with Crippen LogP contribution >= 0.6 is 0 Å². The highest BCUT2D eigenvalue weighted by Gasteiger charge is 2.18. The molecule has 2 aliphatic rings. The van der Waals surface area contributed by atoms with E-state index in [0.29, 0.717) is 6.04 Å². The van der Waals surface area contributed by atoms with Crippen LogP contribution in [0.2, 0.25) is 0 Å². The standard InChI is InChI=1S/C16H19N3O/c1-2-7-17-13(3-1)16-18-10-14(19-16)11-4-5-15-12(9-11)6-8-20-15/h4-5,9-10,13,17H,1-3,6-8H2,(H,18,19). The zero-order valence-corrected chi connectivity index (χ0v) is 11.5. The van der Waals surface area contributed by atoms with Crippen LogP contribution in [-0.4, -0.2) is 23.1 Å². The summed E-state index contributed by atoms with van der Waals surface area (Å²) in [5.41, 5.74) is 3.60. The van der Waals surface area contributed by atoms with Gasteiger partial charge in [-0.3, -0.25) is 0 Å². The van der Waals surface area contributed by atoms with Gasteiger partial charge in [0, 0.05) is 12.0 Å². The zero-order valence-electron chi connectivity index (χ0n) is 11.5. The molecule has 104 valence electrons. The number of aromatic nitrogens is 2. The third-order valence-electron chi connectivity index (χ3n) is 4.24. The van der Waals surface area contributed by atoms with Crippen molar-refractivity contribution >= 4 is 0 Å². The molecule has 0 saturated carbocycles. The molecule has 0 spiro atoms. The highest BCUT2D eigenvalue weighted by Crippen LogP contribution is 2.30. The van der Waals surface area contributed by atoms with Crippen LogP contribution in [0.5, 0.6) is 5.75 Å². The average Bonchev–Trinajstić information content (AvgIpc) is 3.16. The van der Waals surface area contributed by atoms with Gasteiger partial charge < -0.3 is 15.0 Å². The molecule has 1 unspecified atom stereocenters. The van der Waals surface area contributed by atoms with Crippen molar-refractivity contribution in [2.45, 2.75) is 31.7 Å². The van der Waals surface area contributed by atoms with E-state index in [-0.39, 0.29) is 0 Å². The van der Waals surface area contributed by atoms with Crippen molar-refractivity contribution in [3.05, 3.63) is 35.8 Å². The lowest BCUT2D eigenvalue weighted by molar-refractivity contribution is 0.357. The summed E-state index contributed by atoms with van der Waals surface area (Å²) in [6.45, 7) is 1.90. The van der Waals surface area contributed by atoms with Gasteiger partial charge in [0.15, 0.2) is 0 Å². The van der Waals surface area contributed by atoms with E-state index in [2.05, 4.69) is 33.5 Å². The van der Waals surface area contributed by atoms with E-state index in [0.717, 1.165) is 36.8 Å². The number of benzene rings is 1. The fraction of sp³-hybridized carbons (Fsp3) is 0.438. The Morgan fingerprint density at radius 1 is 1.25 bits per heavy atom. The zero-order chi connectivity index (χ0) is 13.4. The second-order valence-electron chi connectivity index (χ2n) is 5.61. The molecule has 1 aromatic carbocycles. The summed E-state index contributed by atoms with van der Waals surface area (Å²) in [4.78, 5) is 8.04. The molecule has 0 aliphatic carbocycles. The molecule has 1 saturated heterocycles. The maximum absolute atomic E-state index is 5.55. The third-order valence-corrected chi connectivity index (χ3v) is 4.24. The molecule has 4 nitrogen and oxygen atoms in total. The number of aromatic amines is 1. The number of nitrogens with one attached hydrogen (secondary N) is 2. The number of H-pyrrole nitrogens is 1. The van der Waals surface area contributed by atoms with Gasteiger partial charge >= 0.3 is 0 Å². The predicted molar refractivity (Wildman–Crippen MR) is 77.8 cm³/mol. The maximum Gasteiger partial charge on any atom is 0.123 e. The van der Waals surface area contributed by atoms with Crippen LogP contribution in [0, 0.1) is 0 Å². The first kappa shape index (κ1) is 12.0. The van der Waals surface area contributed by atoms with Crippen LogP contribution in [-0.2, 0) is 6.42 Å². The molecule has 1 atom stereocenters. The Labute approximate surface area is 118 Å². The highest BCUT2D eigenvalue weighted by molar-refractivity contribution is 5.62. The van der Waals surface area contributed by atoms with Gasteiger partial charge in [0.2, 0.25) is 0 Å². The molecular weight excluding hydrogens is 250 g/mol. The number of nitrogens with zero attached hydrogens (tertiary/aromatic N) is 1. The van der Waals surface area contributed by atoms with Crippen LogP contribution in [0.1, 0.15) is 36.7 Å². The largest absolute Gasteiger partial charge is 0.493 e. The van der Waals surface area contributed by atoms with Crippen LogP contribution in [0.25, 0.3) is 11.3 Å². The summed E-state index contributed by atoms with van der Waals surface area (Å²) < 4.78 is 5.55. The molecule has 4 heteroatoms. The number of rotatable bonds is 2. The van der Waals surface area contributed by atoms with Crippen LogP contribution in [0.15, 0.2) is 24.4 Å². The van der Waals surface area contributed by atoms with Crippen molar-refractivity contribution in [1.29, 1.82) is 0 Å². The van der Waals surface area contributed by atoms with Crippen LogP contribution in [0.3, 0.4) is 0 Å². The highest BCUT2D eigenvalue weighted by atomic mass is 16.5. The Morgan fingerprint density at radius 2 is 2.25 bits per heavy atom. The van der Waals surface area contributed by atoms with Gasteiger partial charge in [0.05, 0.1) is 24.5 Å².